The van der Waals surface area contributed by atoms with Crippen molar-refractivity contribution in [2.24, 2.45) is 5.92 Å². The van der Waals surface area contributed by atoms with Crippen molar-refractivity contribution in [1.82, 2.24) is 19.5 Å². The molecule has 0 bridgehead atoms. The molecule has 1 saturated heterocycles. The number of aryl methyl sites for hydroxylation is 1. The summed E-state index contributed by atoms with van der Waals surface area (Å²) in [7, 11) is 1.66. The third-order valence-corrected chi connectivity index (χ3v) is 6.08. The van der Waals surface area contributed by atoms with Crippen LogP contribution in [0, 0.1) is 12.8 Å². The molecule has 1 aliphatic heterocycles. The van der Waals surface area contributed by atoms with Gasteiger partial charge in [0.15, 0.2) is 10.8 Å². The molecule has 7 heteroatoms. The number of hydrogen-bond acceptors (Lipinski definition) is 5. The molecular weight excluding hydrogens is 360 g/mol. The monoisotopic (exact) mass is 384 g/mol. The number of hydrogen-bond donors (Lipinski definition) is 0. The highest BCUT2D eigenvalue weighted by Crippen LogP contribution is 2.28. The molecular formula is C20H24N4O2S. The van der Waals surface area contributed by atoms with E-state index in [9.17, 15) is 4.79 Å². The van der Waals surface area contributed by atoms with Gasteiger partial charge in [-0.05, 0) is 54.8 Å². The zero-order valence-corrected chi connectivity index (χ0v) is 16.8. The van der Waals surface area contributed by atoms with Gasteiger partial charge < -0.3 is 9.64 Å². The third-order valence-electron chi connectivity index (χ3n) is 5.17. The SMILES string of the molecule is COc1ccc2cc(C)c3nnc(SCC(=O)N4CCCC(C)C4)n3c2c1. The molecule has 0 N–H and O–H groups in total. The van der Waals surface area contributed by atoms with Crippen molar-refractivity contribution in [3.63, 3.8) is 0 Å². The first kappa shape index (κ1) is 18.1. The summed E-state index contributed by atoms with van der Waals surface area (Å²) in [5.41, 5.74) is 2.86. The van der Waals surface area contributed by atoms with Crippen molar-refractivity contribution >= 4 is 34.2 Å². The number of benzene rings is 1. The molecule has 3 aromatic rings. The van der Waals surface area contributed by atoms with E-state index >= 15 is 0 Å². The minimum atomic E-state index is 0.179. The number of nitrogens with zero attached hydrogens (tertiary/aromatic N) is 4. The molecule has 1 amide bonds. The Morgan fingerprint density at radius 1 is 1.33 bits per heavy atom. The first-order valence-corrected chi connectivity index (χ1v) is 10.3. The molecule has 1 fully saturated rings. The fourth-order valence-electron chi connectivity index (χ4n) is 3.73. The zero-order valence-electron chi connectivity index (χ0n) is 15.9. The molecule has 142 valence electrons. The Bertz CT molecular complexity index is 1000. The van der Waals surface area contributed by atoms with E-state index in [1.165, 1.54) is 18.2 Å². The molecule has 1 atom stereocenters. The maximum atomic E-state index is 12.6. The number of carbonyl (C=O) groups excluding carboxylic acids is 1. The summed E-state index contributed by atoms with van der Waals surface area (Å²) in [6.45, 7) is 5.96. The fraction of sp³-hybridized carbons (Fsp3) is 0.450. The van der Waals surface area contributed by atoms with Crippen LogP contribution in [0.5, 0.6) is 5.75 Å². The second-order valence-electron chi connectivity index (χ2n) is 7.27. The van der Waals surface area contributed by atoms with E-state index in [4.69, 9.17) is 4.74 Å². The van der Waals surface area contributed by atoms with Crippen LogP contribution in [0.2, 0.25) is 0 Å². The van der Waals surface area contributed by atoms with E-state index in [0.717, 1.165) is 52.5 Å². The molecule has 0 spiro atoms. The summed E-state index contributed by atoms with van der Waals surface area (Å²) in [4.78, 5) is 14.6. The summed E-state index contributed by atoms with van der Waals surface area (Å²) in [6, 6.07) is 8.08. The van der Waals surface area contributed by atoms with E-state index in [1.807, 2.05) is 34.4 Å². The highest BCUT2D eigenvalue weighted by Gasteiger charge is 2.22. The Morgan fingerprint density at radius 2 is 2.19 bits per heavy atom. The molecule has 3 heterocycles. The summed E-state index contributed by atoms with van der Waals surface area (Å²) in [5.74, 6) is 1.93. The normalized spacial score (nSPS) is 17.6. The van der Waals surface area contributed by atoms with Crippen molar-refractivity contribution in [3.05, 3.63) is 29.8 Å². The van der Waals surface area contributed by atoms with Crippen LogP contribution >= 0.6 is 11.8 Å². The van der Waals surface area contributed by atoms with E-state index in [1.54, 1.807) is 7.11 Å². The Morgan fingerprint density at radius 3 is 2.96 bits per heavy atom. The summed E-state index contributed by atoms with van der Waals surface area (Å²) in [5, 5.41) is 10.5. The molecule has 1 aliphatic rings. The van der Waals surface area contributed by atoms with Crippen LogP contribution in [0.1, 0.15) is 25.3 Å². The Balaban J connectivity index is 1.64. The van der Waals surface area contributed by atoms with Crippen LogP contribution < -0.4 is 4.74 Å². The average molecular weight is 385 g/mol. The number of methoxy groups -OCH3 is 1. The molecule has 0 saturated carbocycles. The van der Waals surface area contributed by atoms with Crippen molar-refractivity contribution in [3.8, 4) is 5.75 Å². The van der Waals surface area contributed by atoms with E-state index < -0.39 is 0 Å². The molecule has 4 rings (SSSR count). The van der Waals surface area contributed by atoms with Gasteiger partial charge in [-0.1, -0.05) is 18.7 Å². The molecule has 0 radical (unpaired) electrons. The number of pyridine rings is 1. The number of rotatable bonds is 4. The largest absolute Gasteiger partial charge is 0.497 e. The van der Waals surface area contributed by atoms with Crippen LogP contribution in [0.4, 0.5) is 0 Å². The first-order chi connectivity index (χ1) is 13.1. The van der Waals surface area contributed by atoms with Crippen molar-refractivity contribution in [2.75, 3.05) is 26.0 Å². The number of fused-ring (bicyclic) bond motifs is 3. The van der Waals surface area contributed by atoms with Crippen LogP contribution in [-0.4, -0.2) is 51.4 Å². The number of ether oxygens (including phenoxy) is 1. The van der Waals surface area contributed by atoms with Gasteiger partial charge >= 0.3 is 0 Å². The number of thioether (sulfide) groups is 1. The molecule has 27 heavy (non-hydrogen) atoms. The number of carbonyl (C=O) groups is 1. The topological polar surface area (TPSA) is 59.7 Å². The van der Waals surface area contributed by atoms with E-state index in [2.05, 4.69) is 23.2 Å². The second kappa shape index (κ2) is 7.38. The number of aromatic nitrogens is 3. The fourth-order valence-corrected chi connectivity index (χ4v) is 4.58. The quantitative estimate of drug-likeness (QED) is 0.644. The van der Waals surface area contributed by atoms with Gasteiger partial charge in [0.1, 0.15) is 5.75 Å². The summed E-state index contributed by atoms with van der Waals surface area (Å²) >= 11 is 1.45. The molecule has 1 unspecified atom stereocenters. The summed E-state index contributed by atoms with van der Waals surface area (Å²) in [6.07, 6.45) is 2.30. The average Bonchev–Trinajstić information content (AvgIpc) is 3.11. The Labute approximate surface area is 162 Å². The lowest BCUT2D eigenvalue weighted by atomic mass is 10.0. The highest BCUT2D eigenvalue weighted by atomic mass is 32.2. The highest BCUT2D eigenvalue weighted by molar-refractivity contribution is 7.99. The minimum Gasteiger partial charge on any atom is -0.497 e. The van der Waals surface area contributed by atoms with Crippen molar-refractivity contribution in [2.45, 2.75) is 31.8 Å². The van der Waals surface area contributed by atoms with Gasteiger partial charge in [0.2, 0.25) is 5.91 Å². The Kier molecular flexibility index (Phi) is 4.95. The number of likely N-dealkylation sites (tertiary alicyclic amines) is 1. The molecule has 2 aromatic heterocycles. The maximum absolute atomic E-state index is 12.6. The second-order valence-corrected chi connectivity index (χ2v) is 8.21. The first-order valence-electron chi connectivity index (χ1n) is 9.30. The van der Waals surface area contributed by atoms with Crippen LogP contribution in [0.3, 0.4) is 0 Å². The van der Waals surface area contributed by atoms with Gasteiger partial charge in [0.25, 0.3) is 0 Å². The van der Waals surface area contributed by atoms with Crippen molar-refractivity contribution < 1.29 is 9.53 Å². The predicted molar refractivity (Wildman–Crippen MR) is 107 cm³/mol. The minimum absolute atomic E-state index is 0.179. The van der Waals surface area contributed by atoms with Gasteiger partial charge in [0, 0.05) is 19.2 Å². The number of piperidine rings is 1. The van der Waals surface area contributed by atoms with Gasteiger partial charge in [-0.25, -0.2) is 0 Å². The predicted octanol–water partition coefficient (Wildman–Crippen LogP) is 3.55. The standard InChI is InChI=1S/C20H24N4O2S/c1-13-5-4-8-23(11-13)18(25)12-27-20-22-21-19-14(2)9-15-6-7-16(26-3)10-17(15)24(19)20/h6-7,9-10,13H,4-5,8,11-12H2,1-3H3. The van der Waals surface area contributed by atoms with Crippen LogP contribution in [-0.2, 0) is 4.79 Å². The van der Waals surface area contributed by atoms with Gasteiger partial charge in [0.05, 0.1) is 18.4 Å². The van der Waals surface area contributed by atoms with Gasteiger partial charge in [-0.3, -0.25) is 9.20 Å². The van der Waals surface area contributed by atoms with Crippen LogP contribution in [0.15, 0.2) is 29.4 Å². The van der Waals surface area contributed by atoms with Crippen molar-refractivity contribution in [1.29, 1.82) is 0 Å². The lowest BCUT2D eigenvalue weighted by Crippen LogP contribution is -2.40. The third kappa shape index (κ3) is 3.48. The summed E-state index contributed by atoms with van der Waals surface area (Å²) < 4.78 is 7.42. The van der Waals surface area contributed by atoms with Gasteiger partial charge in [-0.2, -0.15) is 0 Å². The number of amides is 1. The maximum Gasteiger partial charge on any atom is 0.233 e. The molecule has 6 nitrogen and oxygen atoms in total. The van der Waals surface area contributed by atoms with Gasteiger partial charge in [-0.15, -0.1) is 10.2 Å². The zero-order chi connectivity index (χ0) is 19.0. The Hall–Kier alpha value is -2.28. The van der Waals surface area contributed by atoms with E-state index in [0.29, 0.717) is 11.7 Å². The molecule has 0 aliphatic carbocycles. The molecule has 1 aromatic carbocycles. The smallest absolute Gasteiger partial charge is 0.233 e. The lowest BCUT2D eigenvalue weighted by molar-refractivity contribution is -0.130. The van der Waals surface area contributed by atoms with Crippen LogP contribution in [0.25, 0.3) is 16.6 Å². The van der Waals surface area contributed by atoms with E-state index in [-0.39, 0.29) is 5.91 Å². The lowest BCUT2D eigenvalue weighted by Gasteiger charge is -2.30.